The highest BCUT2D eigenvalue weighted by Gasteiger charge is 2.05. The van der Waals surface area contributed by atoms with Crippen LogP contribution in [0.3, 0.4) is 0 Å². The van der Waals surface area contributed by atoms with Gasteiger partial charge in [-0.2, -0.15) is 0 Å². The summed E-state index contributed by atoms with van der Waals surface area (Å²) in [5, 5.41) is 9.11. The standard InChI is InChI=1S/C16H27NO2/c1-15(2)8-12-19-13-10-17(9-11-18)14-16-6-4-3-5-7-16/h3-7,15,18H,8-14H2,1-2H3. The molecular weight excluding hydrogens is 238 g/mol. The minimum absolute atomic E-state index is 0.193. The van der Waals surface area contributed by atoms with E-state index in [9.17, 15) is 0 Å². The summed E-state index contributed by atoms with van der Waals surface area (Å²) in [5.74, 6) is 0.692. The van der Waals surface area contributed by atoms with Crippen LogP contribution in [0.2, 0.25) is 0 Å². The van der Waals surface area contributed by atoms with Gasteiger partial charge in [-0.25, -0.2) is 0 Å². The molecule has 0 amide bonds. The van der Waals surface area contributed by atoms with E-state index in [1.807, 2.05) is 18.2 Å². The molecule has 0 saturated carbocycles. The van der Waals surface area contributed by atoms with Crippen molar-refractivity contribution in [1.82, 2.24) is 4.90 Å². The summed E-state index contributed by atoms with van der Waals surface area (Å²) in [6.45, 7) is 8.60. The van der Waals surface area contributed by atoms with Crippen LogP contribution in [0.1, 0.15) is 25.8 Å². The fraction of sp³-hybridized carbons (Fsp3) is 0.625. The van der Waals surface area contributed by atoms with Crippen molar-refractivity contribution in [3.05, 3.63) is 35.9 Å². The van der Waals surface area contributed by atoms with Crippen molar-refractivity contribution < 1.29 is 9.84 Å². The van der Waals surface area contributed by atoms with Crippen LogP contribution >= 0.6 is 0 Å². The zero-order valence-electron chi connectivity index (χ0n) is 12.2. The highest BCUT2D eigenvalue weighted by atomic mass is 16.5. The lowest BCUT2D eigenvalue weighted by Crippen LogP contribution is -2.30. The summed E-state index contributed by atoms with van der Waals surface area (Å²) in [4.78, 5) is 2.23. The first-order chi connectivity index (χ1) is 9.22. The van der Waals surface area contributed by atoms with Gasteiger partial charge in [0.1, 0.15) is 0 Å². The normalized spacial score (nSPS) is 11.4. The summed E-state index contributed by atoms with van der Waals surface area (Å²) >= 11 is 0. The van der Waals surface area contributed by atoms with Crippen LogP contribution in [0, 0.1) is 5.92 Å². The number of aliphatic hydroxyl groups is 1. The maximum absolute atomic E-state index is 9.11. The van der Waals surface area contributed by atoms with E-state index in [-0.39, 0.29) is 6.61 Å². The van der Waals surface area contributed by atoms with Crippen LogP contribution in [0.25, 0.3) is 0 Å². The molecule has 0 bridgehead atoms. The van der Waals surface area contributed by atoms with Crippen LogP contribution in [0.5, 0.6) is 0 Å². The summed E-state index contributed by atoms with van der Waals surface area (Å²) in [6, 6.07) is 10.3. The van der Waals surface area contributed by atoms with E-state index in [0.717, 1.165) is 32.7 Å². The van der Waals surface area contributed by atoms with E-state index in [1.54, 1.807) is 0 Å². The van der Waals surface area contributed by atoms with E-state index in [0.29, 0.717) is 12.5 Å². The number of ether oxygens (including phenoxy) is 1. The maximum atomic E-state index is 9.11. The zero-order chi connectivity index (χ0) is 13.9. The van der Waals surface area contributed by atoms with Crippen molar-refractivity contribution in [2.75, 3.05) is 32.9 Å². The largest absolute Gasteiger partial charge is 0.395 e. The van der Waals surface area contributed by atoms with Crippen molar-refractivity contribution in [3.63, 3.8) is 0 Å². The van der Waals surface area contributed by atoms with E-state index >= 15 is 0 Å². The fourth-order valence-electron chi connectivity index (χ4n) is 1.87. The van der Waals surface area contributed by atoms with E-state index in [2.05, 4.69) is 30.9 Å². The number of aliphatic hydroxyl groups excluding tert-OH is 1. The molecule has 0 unspecified atom stereocenters. The molecule has 0 fully saturated rings. The lowest BCUT2D eigenvalue weighted by Gasteiger charge is -2.21. The minimum Gasteiger partial charge on any atom is -0.395 e. The molecule has 1 N–H and O–H groups in total. The third-order valence-corrected chi connectivity index (χ3v) is 3.06. The molecule has 0 aliphatic rings. The number of rotatable bonds is 10. The first-order valence-electron chi connectivity index (χ1n) is 7.17. The average molecular weight is 265 g/mol. The topological polar surface area (TPSA) is 32.7 Å². The third kappa shape index (κ3) is 7.98. The van der Waals surface area contributed by atoms with Gasteiger partial charge in [0.05, 0.1) is 13.2 Å². The van der Waals surface area contributed by atoms with Gasteiger partial charge in [-0.15, -0.1) is 0 Å². The highest BCUT2D eigenvalue weighted by Crippen LogP contribution is 2.04. The fourth-order valence-corrected chi connectivity index (χ4v) is 1.87. The van der Waals surface area contributed by atoms with Gasteiger partial charge in [0, 0.05) is 26.2 Å². The average Bonchev–Trinajstić information content (AvgIpc) is 2.39. The molecule has 19 heavy (non-hydrogen) atoms. The Morgan fingerprint density at radius 1 is 1.11 bits per heavy atom. The summed E-state index contributed by atoms with van der Waals surface area (Å²) in [5.41, 5.74) is 1.28. The van der Waals surface area contributed by atoms with Gasteiger partial charge in [-0.3, -0.25) is 4.90 Å². The zero-order valence-corrected chi connectivity index (χ0v) is 12.2. The Hall–Kier alpha value is -0.900. The lowest BCUT2D eigenvalue weighted by atomic mass is 10.1. The molecular formula is C16H27NO2. The predicted molar refractivity (Wildman–Crippen MR) is 79.1 cm³/mol. The minimum atomic E-state index is 0.193. The van der Waals surface area contributed by atoms with Crippen molar-refractivity contribution in [3.8, 4) is 0 Å². The Morgan fingerprint density at radius 3 is 2.47 bits per heavy atom. The van der Waals surface area contributed by atoms with Crippen LogP contribution in [-0.2, 0) is 11.3 Å². The maximum Gasteiger partial charge on any atom is 0.0593 e. The molecule has 0 atom stereocenters. The van der Waals surface area contributed by atoms with Crippen molar-refractivity contribution in [2.45, 2.75) is 26.8 Å². The highest BCUT2D eigenvalue weighted by molar-refractivity contribution is 5.14. The van der Waals surface area contributed by atoms with Crippen LogP contribution in [0.4, 0.5) is 0 Å². The molecule has 0 spiro atoms. The number of benzene rings is 1. The molecule has 0 radical (unpaired) electrons. The Labute approximate surface area is 117 Å². The second-order valence-corrected chi connectivity index (χ2v) is 5.28. The summed E-state index contributed by atoms with van der Waals surface area (Å²) < 4.78 is 5.64. The first-order valence-corrected chi connectivity index (χ1v) is 7.17. The van der Waals surface area contributed by atoms with Gasteiger partial charge >= 0.3 is 0 Å². The summed E-state index contributed by atoms with van der Waals surface area (Å²) in [6.07, 6.45) is 1.11. The van der Waals surface area contributed by atoms with E-state index < -0.39 is 0 Å². The van der Waals surface area contributed by atoms with Gasteiger partial charge < -0.3 is 9.84 Å². The molecule has 0 aromatic heterocycles. The number of hydrogen-bond acceptors (Lipinski definition) is 3. The van der Waals surface area contributed by atoms with Crippen LogP contribution < -0.4 is 0 Å². The first kappa shape index (κ1) is 16.2. The molecule has 0 saturated heterocycles. The van der Waals surface area contributed by atoms with Gasteiger partial charge in [0.15, 0.2) is 0 Å². The van der Waals surface area contributed by atoms with E-state index in [1.165, 1.54) is 5.56 Å². The van der Waals surface area contributed by atoms with E-state index in [4.69, 9.17) is 9.84 Å². The van der Waals surface area contributed by atoms with Gasteiger partial charge in [0.25, 0.3) is 0 Å². The molecule has 1 aromatic rings. The van der Waals surface area contributed by atoms with Crippen molar-refractivity contribution in [1.29, 1.82) is 0 Å². The second kappa shape index (κ2) is 9.96. The smallest absolute Gasteiger partial charge is 0.0593 e. The predicted octanol–water partition coefficient (Wildman–Crippen LogP) is 2.54. The number of hydrogen-bond donors (Lipinski definition) is 1. The molecule has 1 rings (SSSR count). The molecule has 3 nitrogen and oxygen atoms in total. The lowest BCUT2D eigenvalue weighted by molar-refractivity contribution is 0.0866. The molecule has 0 aliphatic heterocycles. The van der Waals surface area contributed by atoms with Gasteiger partial charge in [0.2, 0.25) is 0 Å². The Kier molecular flexibility index (Phi) is 8.47. The molecule has 1 aromatic carbocycles. The van der Waals surface area contributed by atoms with Crippen molar-refractivity contribution in [2.24, 2.45) is 5.92 Å². The summed E-state index contributed by atoms with van der Waals surface area (Å²) in [7, 11) is 0. The quantitative estimate of drug-likeness (QED) is 0.660. The molecule has 0 aliphatic carbocycles. The SMILES string of the molecule is CC(C)CCOCCN(CCO)Cc1ccccc1. The molecule has 3 heteroatoms. The number of nitrogens with zero attached hydrogens (tertiary/aromatic N) is 1. The third-order valence-electron chi connectivity index (χ3n) is 3.06. The van der Waals surface area contributed by atoms with Crippen molar-refractivity contribution >= 4 is 0 Å². The van der Waals surface area contributed by atoms with Gasteiger partial charge in [-0.1, -0.05) is 44.2 Å². The van der Waals surface area contributed by atoms with Gasteiger partial charge in [-0.05, 0) is 17.9 Å². The van der Waals surface area contributed by atoms with Crippen LogP contribution in [-0.4, -0.2) is 42.9 Å². The Balaban J connectivity index is 2.24. The Morgan fingerprint density at radius 2 is 1.84 bits per heavy atom. The molecule has 108 valence electrons. The molecule has 0 heterocycles. The Bertz CT molecular complexity index is 314. The second-order valence-electron chi connectivity index (χ2n) is 5.28. The monoisotopic (exact) mass is 265 g/mol. The van der Waals surface area contributed by atoms with Crippen LogP contribution in [0.15, 0.2) is 30.3 Å².